The molecule has 0 aromatic carbocycles. The number of hydrogen-bond donors (Lipinski definition) is 3. The molecule has 0 aliphatic rings. The van der Waals surface area contributed by atoms with Gasteiger partial charge in [0.15, 0.2) is 0 Å². The summed E-state index contributed by atoms with van der Waals surface area (Å²) in [7, 11) is -3.87. The van der Waals surface area contributed by atoms with Crippen molar-refractivity contribution >= 4 is 16.3 Å². The molecule has 7 nitrogen and oxygen atoms in total. The van der Waals surface area contributed by atoms with E-state index in [1.165, 1.54) is 0 Å². The van der Waals surface area contributed by atoms with Gasteiger partial charge in [-0.15, -0.1) is 0 Å². The summed E-state index contributed by atoms with van der Waals surface area (Å²) in [6, 6.07) is 1.72. The van der Waals surface area contributed by atoms with E-state index in [1.807, 2.05) is 0 Å². The molecule has 1 amide bonds. The maximum Gasteiger partial charge on any atom is 0.421 e. The monoisotopic (exact) mass is 247 g/mol. The Labute approximate surface area is 93.4 Å². The molecule has 16 heavy (non-hydrogen) atoms. The zero-order valence-electron chi connectivity index (χ0n) is 8.69. The molecule has 90 valence electrons. The quantitative estimate of drug-likeness (QED) is 0.686. The van der Waals surface area contributed by atoms with Crippen molar-refractivity contribution in [2.75, 3.05) is 6.61 Å². The number of carbonyl (C=O) groups is 1. The Hall–Kier alpha value is -1.54. The van der Waals surface area contributed by atoms with Crippen molar-refractivity contribution in [1.29, 1.82) is 0 Å². The Kier molecular flexibility index (Phi) is 4.32. The lowest BCUT2D eigenvalue weighted by Gasteiger charge is -2.07. The van der Waals surface area contributed by atoms with Gasteiger partial charge in [0.1, 0.15) is 0 Å². The molecule has 1 aromatic rings. The van der Waals surface area contributed by atoms with Gasteiger partial charge in [0.25, 0.3) is 0 Å². The molecule has 1 aromatic heterocycles. The molecule has 0 fully saturated rings. The second kappa shape index (κ2) is 5.52. The van der Waals surface area contributed by atoms with Gasteiger partial charge >= 0.3 is 16.3 Å². The molecule has 1 rings (SSSR count). The number of nitrogens with one attached hydrogen (secondary N) is 3. The Morgan fingerprint density at radius 2 is 2.31 bits per heavy atom. The van der Waals surface area contributed by atoms with Crippen LogP contribution in [-0.4, -0.2) is 26.1 Å². The number of aromatic amines is 1. The predicted octanol–water partition coefficient (Wildman–Crippen LogP) is 0.0952. The average molecular weight is 247 g/mol. The summed E-state index contributed by atoms with van der Waals surface area (Å²) in [5, 5.41) is 0. The number of carbonyl (C=O) groups excluding carboxylic acids is 1. The Morgan fingerprint density at radius 3 is 2.88 bits per heavy atom. The minimum Gasteiger partial charge on any atom is -0.449 e. The van der Waals surface area contributed by atoms with Gasteiger partial charge in [-0.05, 0) is 18.6 Å². The van der Waals surface area contributed by atoms with Crippen LogP contribution in [0.1, 0.15) is 12.5 Å². The van der Waals surface area contributed by atoms with Crippen LogP contribution < -0.4 is 9.44 Å². The van der Waals surface area contributed by atoms with Crippen molar-refractivity contribution < 1.29 is 17.9 Å². The molecule has 0 atom stereocenters. The van der Waals surface area contributed by atoms with Crippen LogP contribution in [0.25, 0.3) is 0 Å². The third-order valence-corrected chi connectivity index (χ3v) is 2.58. The van der Waals surface area contributed by atoms with Gasteiger partial charge in [0.2, 0.25) is 0 Å². The maximum absolute atomic E-state index is 11.3. The summed E-state index contributed by atoms with van der Waals surface area (Å²) in [5.41, 5.74) is 0.759. The van der Waals surface area contributed by atoms with Gasteiger partial charge in [0.05, 0.1) is 6.61 Å². The molecule has 0 aliphatic heterocycles. The molecular weight excluding hydrogens is 234 g/mol. The lowest BCUT2D eigenvalue weighted by Crippen LogP contribution is -2.40. The number of ether oxygens (including phenoxy) is 1. The van der Waals surface area contributed by atoms with Crippen LogP contribution in [0.2, 0.25) is 0 Å². The van der Waals surface area contributed by atoms with Crippen molar-refractivity contribution in [2.45, 2.75) is 13.5 Å². The van der Waals surface area contributed by atoms with Gasteiger partial charge in [-0.3, -0.25) is 0 Å². The zero-order chi connectivity index (χ0) is 12.0. The third kappa shape index (κ3) is 4.32. The summed E-state index contributed by atoms with van der Waals surface area (Å²) in [6.07, 6.45) is 2.32. The third-order valence-electron chi connectivity index (χ3n) is 1.62. The zero-order valence-corrected chi connectivity index (χ0v) is 9.50. The van der Waals surface area contributed by atoms with E-state index < -0.39 is 16.3 Å². The molecule has 0 unspecified atom stereocenters. The fourth-order valence-corrected chi connectivity index (χ4v) is 1.66. The van der Waals surface area contributed by atoms with Crippen LogP contribution >= 0.6 is 0 Å². The second-order valence-electron chi connectivity index (χ2n) is 2.87. The molecule has 0 saturated carbocycles. The van der Waals surface area contributed by atoms with Crippen molar-refractivity contribution in [3.05, 3.63) is 24.0 Å². The highest BCUT2D eigenvalue weighted by Crippen LogP contribution is 1.95. The Morgan fingerprint density at radius 1 is 1.56 bits per heavy atom. The highest BCUT2D eigenvalue weighted by molar-refractivity contribution is 7.88. The van der Waals surface area contributed by atoms with E-state index in [0.717, 1.165) is 5.56 Å². The van der Waals surface area contributed by atoms with Crippen LogP contribution in [0.5, 0.6) is 0 Å². The van der Waals surface area contributed by atoms with Gasteiger partial charge in [-0.2, -0.15) is 13.1 Å². The van der Waals surface area contributed by atoms with Crippen LogP contribution in [0, 0.1) is 0 Å². The van der Waals surface area contributed by atoms with Crippen LogP contribution in [0.3, 0.4) is 0 Å². The standard InChI is InChI=1S/C8H13N3O4S/c1-2-15-8(12)11-16(13,14)10-6-7-3-4-9-5-7/h3-5,9-10H,2,6H2,1H3,(H,11,12). The highest BCUT2D eigenvalue weighted by Gasteiger charge is 2.14. The minimum absolute atomic E-state index is 0.0955. The topological polar surface area (TPSA) is 100 Å². The van der Waals surface area contributed by atoms with Crippen LogP contribution in [0.15, 0.2) is 18.5 Å². The fourth-order valence-electron chi connectivity index (χ4n) is 0.953. The first-order valence-electron chi connectivity index (χ1n) is 4.59. The molecule has 0 saturated heterocycles. The largest absolute Gasteiger partial charge is 0.449 e. The first-order chi connectivity index (χ1) is 7.53. The number of hydrogen-bond acceptors (Lipinski definition) is 4. The number of rotatable bonds is 5. The van der Waals surface area contributed by atoms with E-state index in [4.69, 9.17) is 0 Å². The first kappa shape index (κ1) is 12.5. The van der Waals surface area contributed by atoms with E-state index in [2.05, 4.69) is 14.4 Å². The lowest BCUT2D eigenvalue weighted by atomic mass is 10.4. The molecular formula is C8H13N3O4S. The summed E-state index contributed by atoms with van der Waals surface area (Å²) in [5.74, 6) is 0. The normalized spacial score (nSPS) is 11.1. The van der Waals surface area contributed by atoms with E-state index in [9.17, 15) is 13.2 Å². The SMILES string of the molecule is CCOC(=O)NS(=O)(=O)NCc1cc[nH]c1. The van der Waals surface area contributed by atoms with Gasteiger partial charge < -0.3 is 9.72 Å². The lowest BCUT2D eigenvalue weighted by molar-refractivity contribution is 0.158. The molecule has 1 heterocycles. The van der Waals surface area contributed by atoms with Crippen molar-refractivity contribution in [2.24, 2.45) is 0 Å². The van der Waals surface area contributed by atoms with Crippen LogP contribution in [0.4, 0.5) is 4.79 Å². The fraction of sp³-hybridized carbons (Fsp3) is 0.375. The molecule has 0 bridgehead atoms. The Bertz CT molecular complexity index is 426. The smallest absolute Gasteiger partial charge is 0.421 e. The van der Waals surface area contributed by atoms with Crippen molar-refractivity contribution in [1.82, 2.24) is 14.4 Å². The van der Waals surface area contributed by atoms with E-state index in [0.29, 0.717) is 0 Å². The molecule has 0 radical (unpaired) electrons. The first-order valence-corrected chi connectivity index (χ1v) is 6.07. The number of H-pyrrole nitrogens is 1. The highest BCUT2D eigenvalue weighted by atomic mass is 32.2. The number of aromatic nitrogens is 1. The van der Waals surface area contributed by atoms with Gasteiger partial charge in [0, 0.05) is 18.9 Å². The maximum atomic E-state index is 11.3. The van der Waals surface area contributed by atoms with Gasteiger partial charge in [-0.25, -0.2) is 9.52 Å². The minimum atomic E-state index is -3.87. The predicted molar refractivity (Wildman–Crippen MR) is 56.7 cm³/mol. The van der Waals surface area contributed by atoms with E-state index >= 15 is 0 Å². The second-order valence-corrected chi connectivity index (χ2v) is 4.37. The number of amides is 1. The Balaban J connectivity index is 2.43. The molecule has 8 heteroatoms. The molecule has 0 spiro atoms. The summed E-state index contributed by atoms with van der Waals surface area (Å²) in [6.45, 7) is 1.79. The van der Waals surface area contributed by atoms with Crippen molar-refractivity contribution in [3.63, 3.8) is 0 Å². The summed E-state index contributed by atoms with van der Waals surface area (Å²) >= 11 is 0. The summed E-state index contributed by atoms with van der Waals surface area (Å²) in [4.78, 5) is 13.6. The molecule has 0 aliphatic carbocycles. The van der Waals surface area contributed by atoms with Crippen molar-refractivity contribution in [3.8, 4) is 0 Å². The average Bonchev–Trinajstić information content (AvgIpc) is 2.66. The van der Waals surface area contributed by atoms with Gasteiger partial charge in [-0.1, -0.05) is 0 Å². The van der Waals surface area contributed by atoms with E-state index in [-0.39, 0.29) is 13.2 Å². The summed E-state index contributed by atoms with van der Waals surface area (Å²) < 4.78 is 30.9. The van der Waals surface area contributed by atoms with Crippen LogP contribution in [-0.2, 0) is 21.5 Å². The molecule has 3 N–H and O–H groups in total. The van der Waals surface area contributed by atoms with E-state index in [1.54, 1.807) is 30.1 Å².